The van der Waals surface area contributed by atoms with Gasteiger partial charge in [-0.15, -0.1) is 0 Å². The van der Waals surface area contributed by atoms with E-state index in [1.807, 2.05) is 6.92 Å². The van der Waals surface area contributed by atoms with Crippen LogP contribution in [0.5, 0.6) is 0 Å². The molecule has 1 saturated heterocycles. The topological polar surface area (TPSA) is 58.2 Å². The number of aryl methyl sites for hydroxylation is 1. The molecule has 0 spiro atoms. The summed E-state index contributed by atoms with van der Waals surface area (Å²) >= 11 is 0. The summed E-state index contributed by atoms with van der Waals surface area (Å²) in [6.45, 7) is 2.72. The number of amides is 1. The molecule has 0 aliphatic carbocycles. The van der Waals surface area contributed by atoms with E-state index in [2.05, 4.69) is 9.97 Å². The largest absolute Gasteiger partial charge is 0.416 e. The van der Waals surface area contributed by atoms with E-state index in [0.29, 0.717) is 19.0 Å². The van der Waals surface area contributed by atoms with E-state index in [0.717, 1.165) is 17.8 Å². The molecule has 1 amide bonds. The van der Waals surface area contributed by atoms with E-state index in [9.17, 15) is 18.0 Å². The zero-order valence-corrected chi connectivity index (χ0v) is 12.9. The SMILES string of the molecule is Cc1cnc([C@@H]2CN(C(=O)c3cccc(C(F)(F)F)c3)CCO2)[nH]1. The molecule has 0 radical (unpaired) electrons. The number of ether oxygens (including phenoxy) is 1. The van der Waals surface area contributed by atoms with Crippen molar-refractivity contribution >= 4 is 5.91 Å². The number of rotatable bonds is 2. The Balaban J connectivity index is 1.77. The van der Waals surface area contributed by atoms with E-state index in [4.69, 9.17) is 4.74 Å². The fraction of sp³-hybridized carbons (Fsp3) is 0.375. The molecule has 8 heteroatoms. The van der Waals surface area contributed by atoms with Gasteiger partial charge in [0, 0.05) is 24.0 Å². The first-order valence-corrected chi connectivity index (χ1v) is 7.44. The van der Waals surface area contributed by atoms with E-state index >= 15 is 0 Å². The van der Waals surface area contributed by atoms with Crippen molar-refractivity contribution < 1.29 is 22.7 Å². The molecule has 2 aromatic rings. The molecule has 24 heavy (non-hydrogen) atoms. The maximum absolute atomic E-state index is 12.8. The maximum atomic E-state index is 12.8. The summed E-state index contributed by atoms with van der Waals surface area (Å²) in [6.07, 6.45) is -3.23. The summed E-state index contributed by atoms with van der Waals surface area (Å²) < 4.78 is 44.0. The Hall–Kier alpha value is -2.35. The van der Waals surface area contributed by atoms with Gasteiger partial charge in [0.2, 0.25) is 0 Å². The highest BCUT2D eigenvalue weighted by atomic mass is 19.4. The van der Waals surface area contributed by atoms with E-state index in [1.165, 1.54) is 17.0 Å². The summed E-state index contributed by atoms with van der Waals surface area (Å²) in [5, 5.41) is 0. The summed E-state index contributed by atoms with van der Waals surface area (Å²) in [5.41, 5.74) is 0.0517. The number of hydrogen-bond donors (Lipinski definition) is 1. The lowest BCUT2D eigenvalue weighted by Crippen LogP contribution is -2.42. The molecule has 1 aliphatic heterocycles. The van der Waals surface area contributed by atoms with Crippen LogP contribution in [0.25, 0.3) is 0 Å². The van der Waals surface area contributed by atoms with Gasteiger partial charge in [-0.1, -0.05) is 6.07 Å². The minimum absolute atomic E-state index is 0.0149. The first-order valence-electron chi connectivity index (χ1n) is 7.44. The molecule has 0 saturated carbocycles. The number of carbonyl (C=O) groups is 1. The molecule has 1 N–H and O–H groups in total. The second-order valence-corrected chi connectivity index (χ2v) is 5.64. The predicted molar refractivity (Wildman–Crippen MR) is 79.4 cm³/mol. The molecule has 0 unspecified atom stereocenters. The number of halogens is 3. The quantitative estimate of drug-likeness (QED) is 0.915. The van der Waals surface area contributed by atoms with Gasteiger partial charge in [0.15, 0.2) is 0 Å². The normalized spacial score (nSPS) is 18.7. The molecular formula is C16H16F3N3O2. The summed E-state index contributed by atoms with van der Waals surface area (Å²) in [5.74, 6) is 0.159. The second-order valence-electron chi connectivity index (χ2n) is 5.64. The Kier molecular flexibility index (Phi) is 4.31. The van der Waals surface area contributed by atoms with Crippen LogP contribution in [0.1, 0.15) is 33.5 Å². The molecule has 1 aromatic carbocycles. The summed E-state index contributed by atoms with van der Waals surface area (Å²) in [7, 11) is 0. The summed E-state index contributed by atoms with van der Waals surface area (Å²) in [6, 6.07) is 4.46. The smallest absolute Gasteiger partial charge is 0.367 e. The lowest BCUT2D eigenvalue weighted by molar-refractivity contribution is -0.137. The number of aromatic nitrogens is 2. The minimum atomic E-state index is -4.48. The first kappa shape index (κ1) is 16.5. The zero-order valence-electron chi connectivity index (χ0n) is 12.9. The number of benzene rings is 1. The van der Waals surface area contributed by atoms with Crippen molar-refractivity contribution in [3.8, 4) is 0 Å². The molecule has 3 rings (SSSR count). The second kappa shape index (κ2) is 6.27. The van der Waals surface area contributed by atoms with Crippen molar-refractivity contribution in [2.45, 2.75) is 19.2 Å². The van der Waals surface area contributed by atoms with Crippen molar-refractivity contribution in [3.63, 3.8) is 0 Å². The highest BCUT2D eigenvalue weighted by Crippen LogP contribution is 2.30. The molecule has 1 fully saturated rings. The van der Waals surface area contributed by atoms with Crippen LogP contribution in [-0.4, -0.2) is 40.5 Å². The lowest BCUT2D eigenvalue weighted by atomic mass is 10.1. The molecule has 0 bridgehead atoms. The van der Waals surface area contributed by atoms with Gasteiger partial charge in [-0.2, -0.15) is 13.2 Å². The molecule has 128 valence electrons. The van der Waals surface area contributed by atoms with Crippen LogP contribution in [0.3, 0.4) is 0 Å². The molecule has 1 aliphatic rings. The molecular weight excluding hydrogens is 323 g/mol. The van der Waals surface area contributed by atoms with E-state index < -0.39 is 23.8 Å². The van der Waals surface area contributed by atoms with Gasteiger partial charge in [-0.25, -0.2) is 4.98 Å². The zero-order chi connectivity index (χ0) is 17.3. The van der Waals surface area contributed by atoms with Gasteiger partial charge in [-0.3, -0.25) is 4.79 Å². The lowest BCUT2D eigenvalue weighted by Gasteiger charge is -2.32. The third-order valence-electron chi connectivity index (χ3n) is 3.82. The van der Waals surface area contributed by atoms with Crippen molar-refractivity contribution in [2.24, 2.45) is 0 Å². The fourth-order valence-electron chi connectivity index (χ4n) is 2.61. The summed E-state index contributed by atoms with van der Waals surface area (Å²) in [4.78, 5) is 21.3. The van der Waals surface area contributed by atoms with Crippen molar-refractivity contribution in [2.75, 3.05) is 19.7 Å². The van der Waals surface area contributed by atoms with Gasteiger partial charge in [-0.05, 0) is 25.1 Å². The van der Waals surface area contributed by atoms with E-state index in [1.54, 1.807) is 6.20 Å². The van der Waals surface area contributed by atoms with Crippen LogP contribution >= 0.6 is 0 Å². The average Bonchev–Trinajstić information content (AvgIpc) is 3.00. The van der Waals surface area contributed by atoms with Crippen molar-refractivity contribution in [3.05, 3.63) is 53.1 Å². The number of imidazole rings is 1. The van der Waals surface area contributed by atoms with E-state index in [-0.39, 0.29) is 12.1 Å². The Morgan fingerprint density at radius 1 is 1.42 bits per heavy atom. The number of alkyl halides is 3. The standard InChI is InChI=1S/C16H16F3N3O2/c1-10-8-20-14(21-10)13-9-22(5-6-24-13)15(23)11-3-2-4-12(7-11)16(17,18)19/h2-4,7-8,13H,5-6,9H2,1H3,(H,20,21)/t13-/m0/s1. The Labute approximate surface area is 136 Å². The van der Waals surface area contributed by atoms with Crippen molar-refractivity contribution in [1.29, 1.82) is 0 Å². The number of nitrogens with zero attached hydrogens (tertiary/aromatic N) is 2. The molecule has 5 nitrogen and oxygen atoms in total. The van der Waals surface area contributed by atoms with Gasteiger partial charge >= 0.3 is 6.18 Å². The van der Waals surface area contributed by atoms with Crippen LogP contribution in [0.2, 0.25) is 0 Å². The third-order valence-corrected chi connectivity index (χ3v) is 3.82. The number of morpholine rings is 1. The average molecular weight is 339 g/mol. The van der Waals surface area contributed by atoms with Gasteiger partial charge < -0.3 is 14.6 Å². The van der Waals surface area contributed by atoms with Crippen LogP contribution in [0.15, 0.2) is 30.5 Å². The number of nitrogens with one attached hydrogen (secondary N) is 1. The van der Waals surface area contributed by atoms with Crippen LogP contribution in [0, 0.1) is 6.92 Å². The van der Waals surface area contributed by atoms with Crippen LogP contribution in [-0.2, 0) is 10.9 Å². The van der Waals surface area contributed by atoms with Crippen molar-refractivity contribution in [1.82, 2.24) is 14.9 Å². The van der Waals surface area contributed by atoms with Crippen LogP contribution < -0.4 is 0 Å². The first-order chi connectivity index (χ1) is 11.3. The Bertz CT molecular complexity index is 742. The molecule has 1 atom stereocenters. The van der Waals surface area contributed by atoms with Gasteiger partial charge in [0.25, 0.3) is 5.91 Å². The minimum Gasteiger partial charge on any atom is -0.367 e. The van der Waals surface area contributed by atoms with Crippen LogP contribution in [0.4, 0.5) is 13.2 Å². The number of aromatic amines is 1. The Morgan fingerprint density at radius 3 is 2.88 bits per heavy atom. The fourth-order valence-corrected chi connectivity index (χ4v) is 2.61. The number of carbonyl (C=O) groups excluding carboxylic acids is 1. The monoisotopic (exact) mass is 339 g/mol. The van der Waals surface area contributed by atoms with Gasteiger partial charge in [0.05, 0.1) is 18.7 Å². The predicted octanol–water partition coefficient (Wildman–Crippen LogP) is 2.95. The Morgan fingerprint density at radius 2 is 2.21 bits per heavy atom. The number of H-pyrrole nitrogens is 1. The van der Waals surface area contributed by atoms with Gasteiger partial charge in [0.1, 0.15) is 11.9 Å². The highest BCUT2D eigenvalue weighted by molar-refractivity contribution is 5.94. The number of hydrogen-bond acceptors (Lipinski definition) is 3. The molecule has 2 heterocycles. The maximum Gasteiger partial charge on any atom is 0.416 e. The molecule has 1 aromatic heterocycles. The third kappa shape index (κ3) is 3.43. The highest BCUT2D eigenvalue weighted by Gasteiger charge is 2.32.